The van der Waals surface area contributed by atoms with Crippen LogP contribution in [0, 0.1) is 0 Å². The van der Waals surface area contributed by atoms with Crippen molar-refractivity contribution in [2.24, 2.45) is 0 Å². The number of benzene rings is 2. The van der Waals surface area contributed by atoms with E-state index >= 15 is 0 Å². The molecule has 7 aliphatic heterocycles. The lowest BCUT2D eigenvalue weighted by Crippen LogP contribution is -2.62. The second kappa shape index (κ2) is 23.7. The van der Waals surface area contributed by atoms with Gasteiger partial charge in [-0.2, -0.15) is 0 Å². The molecule has 83 heavy (non-hydrogen) atoms. The smallest absolute Gasteiger partial charge is 0.202 e. The summed E-state index contributed by atoms with van der Waals surface area (Å²) in [6.45, 7) is 12.6. The Balaban J connectivity index is 0.845. The Hall–Kier alpha value is -4.38. The number of hydrogen-bond donors (Lipinski definition) is 4. The molecule has 4 N–H and O–H groups in total. The molecule has 11 rings (SSSR count). The Morgan fingerprint density at radius 2 is 1.23 bits per heavy atom. The minimum atomic E-state index is -1.88. The van der Waals surface area contributed by atoms with E-state index in [1.807, 2.05) is 65.7 Å². The number of phenols is 3. The molecule has 23 atom stereocenters. The molecular formula is C60H80N2O21. The highest BCUT2D eigenvalue weighted by molar-refractivity contribution is 6.31. The second-order valence-electron chi connectivity index (χ2n) is 24.3. The number of aliphatic hydroxyl groups is 1. The highest BCUT2D eigenvalue weighted by atomic mass is 16.8. The van der Waals surface area contributed by atoms with E-state index in [9.17, 15) is 39.6 Å². The Labute approximate surface area is 482 Å². The summed E-state index contributed by atoms with van der Waals surface area (Å²) in [7, 11) is 7.59. The van der Waals surface area contributed by atoms with Crippen molar-refractivity contribution in [3.8, 4) is 17.2 Å². The number of aromatic hydroxyl groups is 3. The summed E-state index contributed by atoms with van der Waals surface area (Å²) in [5.74, 6) is -3.80. The molecule has 2 aromatic carbocycles. The maximum Gasteiger partial charge on any atom is 0.202 e. The van der Waals surface area contributed by atoms with Crippen molar-refractivity contribution in [2.45, 2.75) is 241 Å². The van der Waals surface area contributed by atoms with Crippen LogP contribution in [0.1, 0.15) is 155 Å². The zero-order valence-electron chi connectivity index (χ0n) is 48.9. The van der Waals surface area contributed by atoms with Gasteiger partial charge in [-0.15, -0.1) is 0 Å². The summed E-state index contributed by atoms with van der Waals surface area (Å²) in [6, 6.07) is 3.30. The van der Waals surface area contributed by atoms with Gasteiger partial charge in [0.1, 0.15) is 60.0 Å². The zero-order valence-corrected chi connectivity index (χ0v) is 48.9. The molecule has 456 valence electrons. The molecule has 0 radical (unpaired) electrons. The van der Waals surface area contributed by atoms with Gasteiger partial charge in [0.25, 0.3) is 0 Å². The number of carbonyl (C=O) groups excluding carboxylic acids is 4. The molecule has 23 heteroatoms. The number of fused-ring (bicyclic) bond motifs is 5. The number of ether oxygens (including phenoxy) is 13. The van der Waals surface area contributed by atoms with Gasteiger partial charge in [0, 0.05) is 67.3 Å². The van der Waals surface area contributed by atoms with E-state index < -0.39 is 157 Å². The van der Waals surface area contributed by atoms with Crippen LogP contribution in [-0.4, -0.2) is 210 Å². The van der Waals surface area contributed by atoms with Crippen molar-refractivity contribution in [3.05, 3.63) is 63.7 Å². The SMILES string of the molecule is CC[C@@]1(O)C[C@H](O[C@H]2C[C@H](N(C)C)[C@H](O[C@H]3C[C@@H]4O[C@H]5CC(=O)[C@H](C)O[C@@H]5O[C@@H]4[C@H](C)O3)[C@H](C)O2)c2c(O)c3c(c(O)c2[C@H]1O[C@H]1C[C@H](N(C)C)[C@H](O[C@H]2CC[C@H](O[C@@H]4C=CC(=O)[C@@H](C)O4)[C@H](C)O2)[C@H](C)O1)C(=O)c1cccc(O)c1C3=O. The fourth-order valence-corrected chi connectivity index (χ4v) is 13.7. The number of likely N-dealkylation sites (N-methyl/N-ethyl adjacent to an activating group) is 2. The molecule has 0 aromatic heterocycles. The van der Waals surface area contributed by atoms with Crippen molar-refractivity contribution >= 4 is 23.1 Å². The largest absolute Gasteiger partial charge is 0.507 e. The van der Waals surface area contributed by atoms with Gasteiger partial charge in [-0.25, -0.2) is 0 Å². The van der Waals surface area contributed by atoms with Crippen LogP contribution in [0.3, 0.4) is 0 Å². The van der Waals surface area contributed by atoms with E-state index in [4.69, 9.17) is 61.6 Å². The summed E-state index contributed by atoms with van der Waals surface area (Å²) >= 11 is 0. The molecule has 0 amide bonds. The number of nitrogens with zero attached hydrogens (tertiary/aromatic N) is 2. The van der Waals surface area contributed by atoms with Crippen molar-refractivity contribution in [1.82, 2.24) is 9.80 Å². The number of ketones is 4. The molecule has 23 nitrogen and oxygen atoms in total. The predicted molar refractivity (Wildman–Crippen MR) is 288 cm³/mol. The molecular weight excluding hydrogens is 1080 g/mol. The highest BCUT2D eigenvalue weighted by Crippen LogP contribution is 2.58. The number of phenolic OH excluding ortho intramolecular Hbond substituents is 3. The monoisotopic (exact) mass is 1160 g/mol. The van der Waals surface area contributed by atoms with Crippen LogP contribution in [0.5, 0.6) is 17.2 Å². The summed E-state index contributed by atoms with van der Waals surface area (Å²) < 4.78 is 83.8. The van der Waals surface area contributed by atoms with Gasteiger partial charge in [0.15, 0.2) is 55.1 Å². The van der Waals surface area contributed by atoms with Gasteiger partial charge < -0.3 is 91.8 Å². The second-order valence-corrected chi connectivity index (χ2v) is 24.3. The summed E-state index contributed by atoms with van der Waals surface area (Å²) in [4.78, 5) is 57.6. The zero-order chi connectivity index (χ0) is 59.2. The van der Waals surface area contributed by atoms with Gasteiger partial charge in [0.2, 0.25) is 5.78 Å². The van der Waals surface area contributed by atoms with Crippen LogP contribution in [0.15, 0.2) is 30.4 Å². The predicted octanol–water partition coefficient (Wildman–Crippen LogP) is 4.91. The summed E-state index contributed by atoms with van der Waals surface area (Å²) in [5, 5.41) is 49.4. The minimum Gasteiger partial charge on any atom is -0.507 e. The highest BCUT2D eigenvalue weighted by Gasteiger charge is 2.56. The first-order valence-electron chi connectivity index (χ1n) is 29.3. The number of Topliss-reactive ketones (excluding diaryl/α,β-unsaturated/α-hetero) is 1. The van der Waals surface area contributed by atoms with Crippen LogP contribution in [0.2, 0.25) is 0 Å². The van der Waals surface area contributed by atoms with Gasteiger partial charge in [0.05, 0.1) is 65.0 Å². The van der Waals surface area contributed by atoms with Crippen molar-refractivity contribution in [1.29, 1.82) is 0 Å². The quantitative estimate of drug-likeness (QED) is 0.166. The average molecular weight is 1170 g/mol. The molecule has 2 aliphatic carbocycles. The Morgan fingerprint density at radius 1 is 0.614 bits per heavy atom. The molecule has 0 bridgehead atoms. The van der Waals surface area contributed by atoms with Gasteiger partial charge in [-0.05, 0) is 101 Å². The summed E-state index contributed by atoms with van der Waals surface area (Å²) in [5.41, 5.74) is -3.72. The van der Waals surface area contributed by atoms with Gasteiger partial charge in [-0.3, -0.25) is 19.2 Å². The maximum absolute atomic E-state index is 14.6. The van der Waals surface area contributed by atoms with Crippen molar-refractivity contribution in [2.75, 3.05) is 28.2 Å². The number of rotatable bonds is 13. The minimum absolute atomic E-state index is 0.0175. The molecule has 9 aliphatic rings. The molecule has 0 spiro atoms. The molecule has 0 unspecified atom stereocenters. The maximum atomic E-state index is 14.6. The van der Waals surface area contributed by atoms with E-state index in [1.54, 1.807) is 26.8 Å². The van der Waals surface area contributed by atoms with Crippen LogP contribution < -0.4 is 0 Å². The van der Waals surface area contributed by atoms with Gasteiger partial charge >= 0.3 is 0 Å². The van der Waals surface area contributed by atoms with Crippen LogP contribution >= 0.6 is 0 Å². The molecule has 6 saturated heterocycles. The Bertz CT molecular complexity index is 2830. The molecule has 6 fully saturated rings. The molecule has 7 heterocycles. The summed E-state index contributed by atoms with van der Waals surface area (Å²) in [6.07, 6.45) is -9.03. The average Bonchev–Trinajstić information content (AvgIpc) is 1.62. The van der Waals surface area contributed by atoms with E-state index in [1.165, 1.54) is 24.3 Å². The third-order valence-electron chi connectivity index (χ3n) is 18.3. The van der Waals surface area contributed by atoms with Gasteiger partial charge in [-0.1, -0.05) is 19.1 Å². The third-order valence-corrected chi connectivity index (χ3v) is 18.3. The van der Waals surface area contributed by atoms with E-state index in [2.05, 4.69) is 0 Å². The number of hydrogen-bond acceptors (Lipinski definition) is 23. The third kappa shape index (κ3) is 11.4. The topological polar surface area (TPSA) is 276 Å². The van der Waals surface area contributed by atoms with Crippen LogP contribution in [0.4, 0.5) is 0 Å². The molecule has 2 aromatic rings. The van der Waals surface area contributed by atoms with E-state index in [-0.39, 0.29) is 90.2 Å². The fraction of sp³-hybridized carbons (Fsp3) is 0.700. The van der Waals surface area contributed by atoms with Crippen molar-refractivity contribution in [3.63, 3.8) is 0 Å². The Morgan fingerprint density at radius 3 is 1.88 bits per heavy atom. The first-order chi connectivity index (χ1) is 39.4. The first-order valence-corrected chi connectivity index (χ1v) is 29.3. The van der Waals surface area contributed by atoms with Crippen molar-refractivity contribution < 1.29 is 101 Å². The lowest BCUT2D eigenvalue weighted by Gasteiger charge is -2.51. The normalized spacial score (nSPS) is 41.8. The lowest BCUT2D eigenvalue weighted by atomic mass is 9.70. The Kier molecular flexibility index (Phi) is 17.2. The standard InChI is InChI=1S/C60H80N2O21/c1-12-60(70)24-40(79-43-20-32(61(8)9)56(29(6)73-43)81-45-23-38-57(30(7)75-45)83-59-39(77-38)22-36(65)26(3)76-59)47-50(54(69)48-49(53(47)68)52(67)46-31(51(48)66)14-13-15-35(46)64)58(60)82-44-21-33(62(10)11)55(28(5)74-44)80-42-19-17-37(27(4)72-42)78-41-18-16-34(63)25(2)71-41/h13-16,18,25-30,32-33,37-45,55-59,64,68-70H,12,17,19-24H2,1-11H3/t25-,26+,27+,28+,29+,30+,32+,33+,37+,38+,39+,40+,41-,42+,43+,44+,45+,55-,56-,57-,58-,59-,60-/m1/s1. The van der Waals surface area contributed by atoms with E-state index in [0.717, 1.165) is 0 Å². The van der Waals surface area contributed by atoms with E-state index in [0.29, 0.717) is 19.3 Å². The number of carbonyl (C=O) groups is 4. The first kappa shape index (κ1) is 60.3. The lowest BCUT2D eigenvalue weighted by molar-refractivity contribution is -0.371. The molecule has 0 saturated carbocycles. The van der Waals surface area contributed by atoms with Crippen LogP contribution in [0.25, 0.3) is 0 Å². The van der Waals surface area contributed by atoms with Crippen LogP contribution in [-0.2, 0) is 71.2 Å². The fourth-order valence-electron chi connectivity index (χ4n) is 13.7.